The van der Waals surface area contributed by atoms with Gasteiger partial charge in [0.2, 0.25) is 0 Å². The first-order valence-corrected chi connectivity index (χ1v) is 7.57. The lowest BCUT2D eigenvalue weighted by molar-refractivity contribution is 0.154. The molecule has 5 heteroatoms. The van der Waals surface area contributed by atoms with Crippen molar-refractivity contribution in [1.82, 2.24) is 0 Å². The monoisotopic (exact) mass is 340 g/mol. The third-order valence-corrected chi connectivity index (χ3v) is 3.91. The van der Waals surface area contributed by atoms with Gasteiger partial charge < -0.3 is 4.72 Å². The summed E-state index contributed by atoms with van der Waals surface area (Å²) < 4.78 is 4.36. The third kappa shape index (κ3) is 3.16. The van der Waals surface area contributed by atoms with E-state index in [2.05, 4.69) is 52.4 Å². The first-order valence-electron chi connectivity index (χ1n) is 5.96. The van der Waals surface area contributed by atoms with Crippen molar-refractivity contribution < 1.29 is 4.84 Å². The molecular formula is C14H17BrN2OS. The maximum atomic E-state index is 5.51. The highest BCUT2D eigenvalue weighted by Gasteiger charge is 2.23. The minimum Gasteiger partial charge on any atom is -0.324 e. The summed E-state index contributed by atoms with van der Waals surface area (Å²) in [4.78, 5) is 6.52. The molecule has 1 aromatic rings. The van der Waals surface area contributed by atoms with Gasteiger partial charge in [-0.25, -0.2) is 5.06 Å². The van der Waals surface area contributed by atoms with Crippen LogP contribution in [0.1, 0.15) is 19.4 Å². The maximum Gasteiger partial charge on any atom is 0.0956 e. The molecule has 1 aliphatic heterocycles. The molecule has 0 aliphatic carbocycles. The summed E-state index contributed by atoms with van der Waals surface area (Å²) in [5.41, 5.74) is 3.18. The molecule has 0 bridgehead atoms. The van der Waals surface area contributed by atoms with Crippen LogP contribution in [-0.2, 0) is 4.84 Å². The number of anilines is 2. The largest absolute Gasteiger partial charge is 0.324 e. The Morgan fingerprint density at radius 1 is 1.53 bits per heavy atom. The van der Waals surface area contributed by atoms with Crippen LogP contribution in [0.2, 0.25) is 0 Å². The Labute approximate surface area is 126 Å². The summed E-state index contributed by atoms with van der Waals surface area (Å²) in [6, 6.07) is 4.33. The van der Waals surface area contributed by atoms with Crippen LogP contribution in [0.3, 0.4) is 0 Å². The fourth-order valence-electron chi connectivity index (χ4n) is 2.00. The lowest BCUT2D eigenvalue weighted by Gasteiger charge is -2.33. The predicted molar refractivity (Wildman–Crippen MR) is 88.2 cm³/mol. The molecule has 0 radical (unpaired) electrons. The number of allylic oxidation sites excluding steroid dienone is 1. The molecular weight excluding hydrogens is 324 g/mol. The molecule has 1 atom stereocenters. The van der Waals surface area contributed by atoms with Crippen LogP contribution < -0.4 is 9.79 Å². The lowest BCUT2D eigenvalue weighted by Crippen LogP contribution is -2.33. The van der Waals surface area contributed by atoms with Gasteiger partial charge in [-0.05, 0) is 42.8 Å². The maximum absolute atomic E-state index is 5.51. The molecule has 0 fully saturated rings. The van der Waals surface area contributed by atoms with E-state index < -0.39 is 0 Å². The van der Waals surface area contributed by atoms with E-state index in [1.54, 1.807) is 7.11 Å². The second-order valence-corrected chi connectivity index (χ2v) is 6.43. The zero-order valence-corrected chi connectivity index (χ0v) is 13.6. The fourth-order valence-corrected chi connectivity index (χ4v) is 2.91. The van der Waals surface area contributed by atoms with Crippen LogP contribution in [0.25, 0.3) is 6.08 Å². The van der Waals surface area contributed by atoms with Crippen molar-refractivity contribution in [2.45, 2.75) is 19.9 Å². The van der Waals surface area contributed by atoms with Crippen molar-refractivity contribution in [3.8, 4) is 0 Å². The van der Waals surface area contributed by atoms with Gasteiger partial charge in [0.15, 0.2) is 0 Å². The number of rotatable bonds is 4. The Morgan fingerprint density at radius 3 is 2.89 bits per heavy atom. The van der Waals surface area contributed by atoms with E-state index in [-0.39, 0.29) is 6.04 Å². The molecule has 0 saturated carbocycles. The van der Waals surface area contributed by atoms with Crippen LogP contribution in [-0.4, -0.2) is 13.2 Å². The van der Waals surface area contributed by atoms with Gasteiger partial charge in [0.05, 0.1) is 24.5 Å². The quantitative estimate of drug-likeness (QED) is 0.793. The molecule has 1 N–H and O–H groups in total. The summed E-state index contributed by atoms with van der Waals surface area (Å²) in [5.74, 6) is 0. The van der Waals surface area contributed by atoms with Gasteiger partial charge in [-0.1, -0.05) is 34.7 Å². The van der Waals surface area contributed by atoms with Crippen LogP contribution in [0.5, 0.6) is 0 Å². The third-order valence-electron chi connectivity index (χ3n) is 2.78. The predicted octanol–water partition coefficient (Wildman–Crippen LogP) is 4.83. The average Bonchev–Trinajstić information content (AvgIpc) is 2.36. The molecule has 1 unspecified atom stereocenters. The second kappa shape index (κ2) is 6.03. The van der Waals surface area contributed by atoms with Gasteiger partial charge in [0.1, 0.15) is 0 Å². The van der Waals surface area contributed by atoms with E-state index in [0.717, 1.165) is 26.3 Å². The first kappa shape index (κ1) is 14.5. The molecule has 1 aromatic carbocycles. The number of nitrogens with zero attached hydrogens (tertiary/aromatic N) is 1. The highest BCUT2D eigenvalue weighted by Crippen LogP contribution is 2.40. The van der Waals surface area contributed by atoms with E-state index in [4.69, 9.17) is 4.84 Å². The Hall–Kier alpha value is -0.910. The summed E-state index contributed by atoms with van der Waals surface area (Å²) in [7, 11) is 1.69. The number of nitrogens with one attached hydrogen (secondary N) is 1. The summed E-state index contributed by atoms with van der Waals surface area (Å²) in [6.07, 6.45) is 4.24. The van der Waals surface area contributed by atoms with Crippen molar-refractivity contribution >= 4 is 45.3 Å². The van der Waals surface area contributed by atoms with Crippen molar-refractivity contribution in [1.29, 1.82) is 0 Å². The highest BCUT2D eigenvalue weighted by atomic mass is 79.9. The van der Waals surface area contributed by atoms with E-state index in [1.807, 2.05) is 18.1 Å². The molecule has 0 spiro atoms. The Bertz CT molecular complexity index is 530. The molecule has 0 aromatic heterocycles. The smallest absolute Gasteiger partial charge is 0.0956 e. The number of fused-ring (bicyclic) bond motifs is 1. The van der Waals surface area contributed by atoms with E-state index in [1.165, 1.54) is 11.9 Å². The minimum atomic E-state index is 0.203. The normalized spacial score (nSPS) is 17.3. The molecule has 3 nitrogen and oxygen atoms in total. The van der Waals surface area contributed by atoms with Gasteiger partial charge >= 0.3 is 0 Å². The number of hydrogen-bond acceptors (Lipinski definition) is 4. The molecule has 102 valence electrons. The van der Waals surface area contributed by atoms with Gasteiger partial charge in [0, 0.05) is 10.0 Å². The fraction of sp³-hybridized carbons (Fsp3) is 0.286. The van der Waals surface area contributed by atoms with E-state index in [0.29, 0.717) is 0 Å². The topological polar surface area (TPSA) is 24.5 Å². The van der Waals surface area contributed by atoms with Gasteiger partial charge in [-0.3, -0.25) is 4.84 Å². The first-order chi connectivity index (χ1) is 9.02. The minimum absolute atomic E-state index is 0.203. The summed E-state index contributed by atoms with van der Waals surface area (Å²) in [6.45, 7) is 7.96. The van der Waals surface area contributed by atoms with Crippen molar-refractivity contribution in [2.24, 2.45) is 0 Å². The molecule has 19 heavy (non-hydrogen) atoms. The van der Waals surface area contributed by atoms with Crippen molar-refractivity contribution in [3.63, 3.8) is 0 Å². The zero-order chi connectivity index (χ0) is 14.0. The Morgan fingerprint density at radius 2 is 2.26 bits per heavy atom. The molecule has 2 rings (SSSR count). The van der Waals surface area contributed by atoms with Crippen LogP contribution in [0.4, 0.5) is 11.4 Å². The Kier molecular flexibility index (Phi) is 4.60. The second-order valence-electron chi connectivity index (χ2n) is 4.41. The van der Waals surface area contributed by atoms with E-state index in [9.17, 15) is 0 Å². The van der Waals surface area contributed by atoms with Crippen LogP contribution >= 0.6 is 27.9 Å². The molecule has 0 saturated heterocycles. The zero-order valence-electron chi connectivity index (χ0n) is 11.2. The van der Waals surface area contributed by atoms with Crippen molar-refractivity contribution in [3.05, 3.63) is 39.7 Å². The number of hydroxylamine groups is 1. The van der Waals surface area contributed by atoms with Crippen molar-refractivity contribution in [2.75, 3.05) is 16.9 Å². The summed E-state index contributed by atoms with van der Waals surface area (Å²) >= 11 is 5.05. The Balaban J connectivity index is 2.46. The molecule has 0 amide bonds. The number of halogens is 1. The highest BCUT2D eigenvalue weighted by molar-refractivity contribution is 9.10. The number of benzene rings is 1. The molecule has 1 heterocycles. The van der Waals surface area contributed by atoms with Gasteiger partial charge in [0.25, 0.3) is 0 Å². The van der Waals surface area contributed by atoms with Gasteiger partial charge in [-0.15, -0.1) is 0 Å². The average molecular weight is 341 g/mol. The summed E-state index contributed by atoms with van der Waals surface area (Å²) in [5, 5.41) is 1.91. The van der Waals surface area contributed by atoms with Gasteiger partial charge in [-0.2, -0.15) is 0 Å². The van der Waals surface area contributed by atoms with Crippen LogP contribution in [0.15, 0.2) is 34.2 Å². The molecule has 1 aliphatic rings. The lowest BCUT2D eigenvalue weighted by atomic mass is 10.0. The van der Waals surface area contributed by atoms with Crippen LogP contribution in [0, 0.1) is 0 Å². The standard InChI is InChI=1S/C14H17BrN2OS/c1-9(2)19-16-13-8-12(15)7-11-6-5-10(3)17(18-4)14(11)13/h5-8,10,16H,1H2,2-4H3. The SMILES string of the molecule is C=C(C)SNc1cc(Br)cc2c1N(OC)C(C)C=C2. The van der Waals surface area contributed by atoms with E-state index >= 15 is 0 Å². The number of hydrogen-bond donors (Lipinski definition) is 1.